The second-order valence-corrected chi connectivity index (χ2v) is 11.2. The van der Waals surface area contributed by atoms with Gasteiger partial charge in [0.1, 0.15) is 12.4 Å². The molecule has 1 heterocycles. The summed E-state index contributed by atoms with van der Waals surface area (Å²) in [7, 11) is 0. The molecule has 0 bridgehead atoms. The van der Waals surface area contributed by atoms with Gasteiger partial charge in [0.25, 0.3) is 5.91 Å². The van der Waals surface area contributed by atoms with Gasteiger partial charge in [-0.05, 0) is 80.3 Å². The molecule has 0 spiro atoms. The molecule has 1 atom stereocenters. The number of rotatable bonds is 10. The Morgan fingerprint density at radius 3 is 2.37 bits per heavy atom. The van der Waals surface area contributed by atoms with E-state index in [2.05, 4.69) is 44.9 Å². The van der Waals surface area contributed by atoms with E-state index in [1.165, 1.54) is 36.2 Å². The van der Waals surface area contributed by atoms with Crippen LogP contribution in [0.3, 0.4) is 0 Å². The summed E-state index contributed by atoms with van der Waals surface area (Å²) in [4.78, 5) is 31.0. The van der Waals surface area contributed by atoms with Gasteiger partial charge in [-0.1, -0.05) is 54.2 Å². The van der Waals surface area contributed by atoms with Crippen molar-refractivity contribution in [2.24, 2.45) is 0 Å². The number of aromatic nitrogens is 1. The molecular formula is C31H37BrFN3O2. The van der Waals surface area contributed by atoms with Crippen LogP contribution in [0, 0.1) is 5.82 Å². The van der Waals surface area contributed by atoms with E-state index in [0.717, 1.165) is 48.8 Å². The van der Waals surface area contributed by atoms with Gasteiger partial charge in [0, 0.05) is 40.6 Å². The van der Waals surface area contributed by atoms with Gasteiger partial charge in [-0.3, -0.25) is 9.59 Å². The Hall–Kier alpha value is -2.93. The quantitative estimate of drug-likeness (QED) is 0.258. The first-order chi connectivity index (χ1) is 18.4. The first-order valence-electron chi connectivity index (χ1n) is 13.6. The number of nitrogens with zero attached hydrogens (tertiary/aromatic N) is 3. The molecule has 2 amide bonds. The summed E-state index contributed by atoms with van der Waals surface area (Å²) in [5, 5.41) is 0. The van der Waals surface area contributed by atoms with E-state index in [0.29, 0.717) is 12.1 Å². The number of hydrogen-bond donors (Lipinski definition) is 0. The van der Waals surface area contributed by atoms with Crippen LogP contribution in [0.5, 0.6) is 0 Å². The standard InChI is InChI=1S/C31H37BrFN3O2/c1-3-23(2)35(31(38)25-13-17-27(33)18-14-25)22-30(37)36(28-8-5-4-6-9-28)21-29-10-7-19-34(29)20-24-11-15-26(32)16-12-24/h7,10-19,23,28H,3-6,8-9,20-22H2,1-2H3. The second-order valence-electron chi connectivity index (χ2n) is 10.3. The lowest BCUT2D eigenvalue weighted by molar-refractivity contribution is -0.136. The zero-order valence-corrected chi connectivity index (χ0v) is 23.9. The van der Waals surface area contributed by atoms with Gasteiger partial charge in [0.15, 0.2) is 0 Å². The first kappa shape index (κ1) is 28.1. The minimum atomic E-state index is -0.387. The Morgan fingerprint density at radius 1 is 1.03 bits per heavy atom. The van der Waals surface area contributed by atoms with Crippen LogP contribution in [0.15, 0.2) is 71.3 Å². The van der Waals surface area contributed by atoms with Crippen molar-refractivity contribution in [2.75, 3.05) is 6.54 Å². The van der Waals surface area contributed by atoms with Crippen molar-refractivity contribution in [2.45, 2.75) is 77.5 Å². The maximum absolute atomic E-state index is 14.0. The molecule has 1 saturated carbocycles. The highest BCUT2D eigenvalue weighted by Gasteiger charge is 2.30. The smallest absolute Gasteiger partial charge is 0.254 e. The number of amides is 2. The van der Waals surface area contributed by atoms with Gasteiger partial charge < -0.3 is 14.4 Å². The van der Waals surface area contributed by atoms with Gasteiger partial charge >= 0.3 is 0 Å². The van der Waals surface area contributed by atoms with Crippen LogP contribution in [0.2, 0.25) is 0 Å². The van der Waals surface area contributed by atoms with Crippen molar-refractivity contribution in [1.29, 1.82) is 0 Å². The zero-order valence-electron chi connectivity index (χ0n) is 22.3. The highest BCUT2D eigenvalue weighted by Crippen LogP contribution is 2.26. The van der Waals surface area contributed by atoms with Crippen LogP contribution in [-0.2, 0) is 17.9 Å². The Kier molecular flexibility index (Phi) is 9.78. The summed E-state index contributed by atoms with van der Waals surface area (Å²) in [6, 6.07) is 18.0. The zero-order chi connectivity index (χ0) is 27.1. The van der Waals surface area contributed by atoms with Crippen LogP contribution in [0.4, 0.5) is 4.39 Å². The predicted octanol–water partition coefficient (Wildman–Crippen LogP) is 7.04. The Balaban J connectivity index is 1.56. The summed E-state index contributed by atoms with van der Waals surface area (Å²) in [5.41, 5.74) is 2.66. The molecule has 5 nitrogen and oxygen atoms in total. The Bertz CT molecular complexity index is 1200. The second kappa shape index (κ2) is 13.2. The number of benzene rings is 2. The minimum absolute atomic E-state index is 0.00906. The van der Waals surface area contributed by atoms with Crippen molar-refractivity contribution < 1.29 is 14.0 Å². The van der Waals surface area contributed by atoms with Crippen molar-refractivity contribution in [3.63, 3.8) is 0 Å². The van der Waals surface area contributed by atoms with E-state index in [1.54, 1.807) is 4.90 Å². The first-order valence-corrected chi connectivity index (χ1v) is 14.4. The third kappa shape index (κ3) is 7.13. The molecule has 1 fully saturated rings. The lowest BCUT2D eigenvalue weighted by Gasteiger charge is -2.37. The van der Waals surface area contributed by atoms with Gasteiger partial charge in [0.05, 0.1) is 6.54 Å². The van der Waals surface area contributed by atoms with Crippen LogP contribution in [0.25, 0.3) is 0 Å². The van der Waals surface area contributed by atoms with Gasteiger partial charge in [-0.15, -0.1) is 0 Å². The lowest BCUT2D eigenvalue weighted by atomic mass is 9.94. The number of hydrogen-bond acceptors (Lipinski definition) is 2. The maximum atomic E-state index is 14.0. The van der Waals surface area contributed by atoms with E-state index in [-0.39, 0.29) is 36.3 Å². The lowest BCUT2D eigenvalue weighted by Crippen LogP contribution is -2.49. The molecule has 0 radical (unpaired) electrons. The van der Waals surface area contributed by atoms with Crippen molar-refractivity contribution in [3.05, 3.63) is 94.0 Å². The third-order valence-corrected chi connectivity index (χ3v) is 8.17. The summed E-state index contributed by atoms with van der Waals surface area (Å²) in [5.74, 6) is -0.665. The molecule has 1 aliphatic rings. The fraction of sp³-hybridized carbons (Fsp3) is 0.419. The Morgan fingerprint density at radius 2 is 1.71 bits per heavy atom. The van der Waals surface area contributed by atoms with Gasteiger partial charge in [-0.25, -0.2) is 4.39 Å². The molecule has 0 N–H and O–H groups in total. The van der Waals surface area contributed by atoms with Crippen LogP contribution in [-0.4, -0.2) is 44.8 Å². The van der Waals surface area contributed by atoms with Crippen LogP contribution < -0.4 is 0 Å². The van der Waals surface area contributed by atoms with E-state index < -0.39 is 0 Å². The van der Waals surface area contributed by atoms with Crippen molar-refractivity contribution >= 4 is 27.7 Å². The number of carbonyl (C=O) groups excluding carboxylic acids is 2. The molecule has 1 aromatic heterocycles. The minimum Gasteiger partial charge on any atom is -0.345 e. The molecule has 4 rings (SSSR count). The summed E-state index contributed by atoms with van der Waals surface area (Å²) >= 11 is 3.50. The number of carbonyl (C=O) groups is 2. The van der Waals surface area contributed by atoms with E-state index >= 15 is 0 Å². The normalized spacial score (nSPS) is 14.7. The fourth-order valence-electron chi connectivity index (χ4n) is 5.16. The van der Waals surface area contributed by atoms with Crippen molar-refractivity contribution in [1.82, 2.24) is 14.4 Å². The SMILES string of the molecule is CCC(C)N(CC(=O)N(Cc1cccn1Cc1ccc(Br)cc1)C1CCCCC1)C(=O)c1ccc(F)cc1. The van der Waals surface area contributed by atoms with Gasteiger partial charge in [0.2, 0.25) is 5.91 Å². The van der Waals surface area contributed by atoms with Crippen LogP contribution in [0.1, 0.15) is 74.0 Å². The molecule has 2 aromatic carbocycles. The molecule has 1 aliphatic carbocycles. The van der Waals surface area contributed by atoms with Gasteiger partial charge in [-0.2, -0.15) is 0 Å². The summed E-state index contributed by atoms with van der Waals surface area (Å²) in [6.07, 6.45) is 8.16. The Labute approximate surface area is 233 Å². The largest absolute Gasteiger partial charge is 0.345 e. The highest BCUT2D eigenvalue weighted by molar-refractivity contribution is 9.10. The molecular weight excluding hydrogens is 545 g/mol. The fourth-order valence-corrected chi connectivity index (χ4v) is 5.43. The maximum Gasteiger partial charge on any atom is 0.254 e. The molecule has 202 valence electrons. The van der Waals surface area contributed by atoms with E-state index in [4.69, 9.17) is 0 Å². The average Bonchev–Trinajstić information content (AvgIpc) is 3.38. The van der Waals surface area contributed by atoms with E-state index in [1.807, 2.05) is 36.9 Å². The topological polar surface area (TPSA) is 45.6 Å². The van der Waals surface area contributed by atoms with Crippen molar-refractivity contribution in [3.8, 4) is 0 Å². The highest BCUT2D eigenvalue weighted by atomic mass is 79.9. The third-order valence-electron chi connectivity index (χ3n) is 7.64. The predicted molar refractivity (Wildman–Crippen MR) is 152 cm³/mol. The number of halogens is 2. The molecule has 7 heteroatoms. The monoisotopic (exact) mass is 581 g/mol. The summed E-state index contributed by atoms with van der Waals surface area (Å²) < 4.78 is 16.7. The molecule has 3 aromatic rings. The molecule has 0 saturated heterocycles. The molecule has 0 aliphatic heterocycles. The molecule has 1 unspecified atom stereocenters. The summed E-state index contributed by atoms with van der Waals surface area (Å²) in [6.45, 7) is 5.21. The average molecular weight is 583 g/mol. The van der Waals surface area contributed by atoms with Crippen LogP contribution >= 0.6 is 15.9 Å². The van der Waals surface area contributed by atoms with E-state index in [9.17, 15) is 14.0 Å². The molecule has 38 heavy (non-hydrogen) atoms.